The number of halogens is 3. The van der Waals surface area contributed by atoms with E-state index < -0.39 is 29.6 Å². The first-order valence-electron chi connectivity index (χ1n) is 10.7. The Labute approximate surface area is 206 Å². The molecule has 180 valence electrons. The highest BCUT2D eigenvalue weighted by Gasteiger charge is 2.38. The average Bonchev–Trinajstić information content (AvgIpc) is 2.83. The number of nitrogens with one attached hydrogen (secondary N) is 3. The summed E-state index contributed by atoms with van der Waals surface area (Å²) in [5.74, 6) is -0.948. The van der Waals surface area contributed by atoms with Crippen LogP contribution in [-0.2, 0) is 17.6 Å². The maximum Gasteiger partial charge on any atom is 0.418 e. The number of hydrogen-bond donors (Lipinski definition) is 3. The van der Waals surface area contributed by atoms with E-state index in [1.54, 1.807) is 24.3 Å². The van der Waals surface area contributed by atoms with Crippen LogP contribution in [0.2, 0.25) is 0 Å². The van der Waals surface area contributed by atoms with Crippen LogP contribution in [-0.4, -0.2) is 11.0 Å². The molecule has 0 unspecified atom stereocenters. The molecule has 1 heterocycles. The second-order valence-electron chi connectivity index (χ2n) is 7.95. The molecule has 0 aromatic heterocycles. The highest BCUT2D eigenvalue weighted by molar-refractivity contribution is 7.80. The summed E-state index contributed by atoms with van der Waals surface area (Å²) in [6, 6.07) is 21.0. The van der Waals surface area contributed by atoms with Gasteiger partial charge >= 0.3 is 6.18 Å². The average molecular weight is 498 g/mol. The molecule has 2 atom stereocenters. The molecule has 1 aliphatic heterocycles. The van der Waals surface area contributed by atoms with Gasteiger partial charge in [-0.2, -0.15) is 13.2 Å². The molecule has 0 saturated carbocycles. The maximum absolute atomic E-state index is 13.4. The van der Waals surface area contributed by atoms with E-state index in [2.05, 4.69) is 22.5 Å². The first-order chi connectivity index (χ1) is 16.7. The number of carbonyl (C=O) groups excluding carboxylic acids is 1. The third-order valence-corrected chi connectivity index (χ3v) is 5.75. The van der Waals surface area contributed by atoms with Gasteiger partial charge in [-0.3, -0.25) is 4.79 Å². The van der Waals surface area contributed by atoms with Crippen molar-refractivity contribution in [1.82, 2.24) is 10.6 Å². The number of thiocarbonyl (C=S) groups is 1. The Balaban J connectivity index is 1.53. The summed E-state index contributed by atoms with van der Waals surface area (Å²) in [7, 11) is 0. The van der Waals surface area contributed by atoms with Crippen LogP contribution in [0.4, 0.5) is 18.9 Å². The second kappa shape index (κ2) is 10.2. The molecule has 5 nitrogen and oxygen atoms in total. The number of alkyl halides is 3. The predicted molar refractivity (Wildman–Crippen MR) is 132 cm³/mol. The molecule has 4 rings (SSSR count). The fourth-order valence-electron chi connectivity index (χ4n) is 3.83. The number of hydrogen-bond acceptors (Lipinski definition) is 3. The van der Waals surface area contributed by atoms with Gasteiger partial charge in [-0.1, -0.05) is 61.2 Å². The number of benzene rings is 3. The van der Waals surface area contributed by atoms with Crippen molar-refractivity contribution in [2.45, 2.75) is 18.8 Å². The molecular formula is C26H22F3N3O2S. The van der Waals surface area contributed by atoms with Gasteiger partial charge in [-0.05, 0) is 47.6 Å². The molecular weight excluding hydrogens is 475 g/mol. The monoisotopic (exact) mass is 497 g/mol. The van der Waals surface area contributed by atoms with Gasteiger partial charge in [-0.15, -0.1) is 0 Å². The third kappa shape index (κ3) is 5.81. The van der Waals surface area contributed by atoms with Crippen molar-refractivity contribution in [2.24, 2.45) is 5.92 Å². The molecule has 9 heteroatoms. The Kier molecular flexibility index (Phi) is 7.07. The largest absolute Gasteiger partial charge is 0.489 e. The topological polar surface area (TPSA) is 62.4 Å². The highest BCUT2D eigenvalue weighted by Crippen LogP contribution is 2.36. The Morgan fingerprint density at radius 3 is 2.34 bits per heavy atom. The van der Waals surface area contributed by atoms with Crippen LogP contribution in [0.1, 0.15) is 22.7 Å². The number of amides is 1. The van der Waals surface area contributed by atoms with E-state index in [-0.39, 0.29) is 16.5 Å². The quantitative estimate of drug-likeness (QED) is 0.389. The van der Waals surface area contributed by atoms with Gasteiger partial charge < -0.3 is 20.7 Å². The molecule has 0 bridgehead atoms. The first kappa shape index (κ1) is 24.3. The van der Waals surface area contributed by atoms with Crippen molar-refractivity contribution >= 4 is 28.9 Å². The summed E-state index contributed by atoms with van der Waals surface area (Å²) < 4.78 is 46.0. The minimum Gasteiger partial charge on any atom is -0.489 e. The third-order valence-electron chi connectivity index (χ3n) is 5.53. The Morgan fingerprint density at radius 1 is 1.00 bits per heavy atom. The molecule has 0 radical (unpaired) electrons. The lowest BCUT2D eigenvalue weighted by Crippen LogP contribution is -2.51. The molecule has 1 amide bonds. The van der Waals surface area contributed by atoms with Crippen molar-refractivity contribution in [1.29, 1.82) is 0 Å². The number of anilines is 1. The van der Waals surface area contributed by atoms with Crippen LogP contribution in [0.15, 0.2) is 91.1 Å². The normalized spacial score (nSPS) is 17.8. The summed E-state index contributed by atoms with van der Waals surface area (Å²) in [4.78, 5) is 13.2. The van der Waals surface area contributed by atoms with E-state index in [1.807, 2.05) is 30.3 Å². The molecule has 3 aromatic rings. The minimum atomic E-state index is -4.61. The van der Waals surface area contributed by atoms with Crippen LogP contribution < -0.4 is 20.7 Å². The molecule has 3 aromatic carbocycles. The van der Waals surface area contributed by atoms with Gasteiger partial charge in [0.05, 0.1) is 17.3 Å². The first-order valence-corrected chi connectivity index (χ1v) is 11.1. The smallest absolute Gasteiger partial charge is 0.418 e. The predicted octanol–water partition coefficient (Wildman–Crippen LogP) is 5.57. The van der Waals surface area contributed by atoms with Crippen molar-refractivity contribution in [3.8, 4) is 5.75 Å². The minimum absolute atomic E-state index is 0.268. The lowest BCUT2D eigenvalue weighted by molar-refractivity contribution is -0.137. The number of ether oxygens (including phenoxy) is 1. The van der Waals surface area contributed by atoms with E-state index in [4.69, 9.17) is 17.0 Å². The van der Waals surface area contributed by atoms with E-state index in [9.17, 15) is 18.0 Å². The summed E-state index contributed by atoms with van der Waals surface area (Å²) in [5.41, 5.74) is 0.752. The van der Waals surface area contributed by atoms with Crippen LogP contribution in [0, 0.1) is 5.92 Å². The molecule has 0 aliphatic carbocycles. The number of carbonyl (C=O) groups is 1. The zero-order valence-corrected chi connectivity index (χ0v) is 19.2. The molecule has 1 saturated heterocycles. The van der Waals surface area contributed by atoms with Gasteiger partial charge in [0.1, 0.15) is 18.3 Å². The lowest BCUT2D eigenvalue weighted by Gasteiger charge is -2.35. The van der Waals surface area contributed by atoms with Crippen LogP contribution in [0.5, 0.6) is 5.75 Å². The standard InChI is InChI=1S/C26H22F3N3O2S/c1-16-22(24(33)31-21-10-6-5-9-20(21)26(27,28)29)23(32-25(35)30-16)18-11-13-19(14-12-18)34-15-17-7-3-2-4-8-17/h2-14,22-23H,1,15H2,(H,31,33)(H2,30,32,35)/t22-,23+/m0/s1. The van der Waals surface area contributed by atoms with Gasteiger partial charge in [0.2, 0.25) is 5.91 Å². The summed E-state index contributed by atoms with van der Waals surface area (Å²) in [6.45, 7) is 4.29. The van der Waals surface area contributed by atoms with Crippen LogP contribution in [0.3, 0.4) is 0 Å². The van der Waals surface area contributed by atoms with Gasteiger partial charge in [0, 0.05) is 5.70 Å². The Bertz CT molecular complexity index is 1230. The fraction of sp³-hybridized carbons (Fsp3) is 0.154. The molecule has 1 aliphatic rings. The van der Waals surface area contributed by atoms with E-state index in [0.717, 1.165) is 11.6 Å². The van der Waals surface area contributed by atoms with E-state index in [0.29, 0.717) is 17.9 Å². The van der Waals surface area contributed by atoms with Crippen LogP contribution in [0.25, 0.3) is 0 Å². The van der Waals surface area contributed by atoms with Gasteiger partial charge in [0.15, 0.2) is 5.11 Å². The summed E-state index contributed by atoms with van der Waals surface area (Å²) in [6.07, 6.45) is -4.61. The van der Waals surface area contributed by atoms with Crippen LogP contribution >= 0.6 is 12.2 Å². The second-order valence-corrected chi connectivity index (χ2v) is 8.36. The van der Waals surface area contributed by atoms with Gasteiger partial charge in [-0.25, -0.2) is 0 Å². The summed E-state index contributed by atoms with van der Waals surface area (Å²) in [5, 5.41) is 8.53. The molecule has 1 fully saturated rings. The van der Waals surface area contributed by atoms with E-state index in [1.165, 1.54) is 18.2 Å². The van der Waals surface area contributed by atoms with Crippen molar-refractivity contribution in [2.75, 3.05) is 5.32 Å². The molecule has 0 spiro atoms. The SMILES string of the molecule is C=C1NC(=S)N[C@H](c2ccc(OCc3ccccc3)cc2)[C@H]1C(=O)Nc1ccccc1C(F)(F)F. The molecule has 35 heavy (non-hydrogen) atoms. The van der Waals surface area contributed by atoms with Gasteiger partial charge in [0.25, 0.3) is 0 Å². The molecule has 3 N–H and O–H groups in total. The zero-order chi connectivity index (χ0) is 25.0. The number of para-hydroxylation sites is 1. The van der Waals surface area contributed by atoms with E-state index >= 15 is 0 Å². The van der Waals surface area contributed by atoms with Crippen molar-refractivity contribution < 1.29 is 22.7 Å². The lowest BCUT2D eigenvalue weighted by atomic mass is 9.88. The Hall–Kier alpha value is -3.85. The fourth-order valence-corrected chi connectivity index (χ4v) is 4.09. The van der Waals surface area contributed by atoms with Crippen molar-refractivity contribution in [3.05, 3.63) is 108 Å². The summed E-state index contributed by atoms with van der Waals surface area (Å²) >= 11 is 5.23. The maximum atomic E-state index is 13.4. The van der Waals surface area contributed by atoms with Crippen molar-refractivity contribution in [3.63, 3.8) is 0 Å². The Morgan fingerprint density at radius 2 is 1.66 bits per heavy atom. The number of rotatable bonds is 6. The zero-order valence-electron chi connectivity index (χ0n) is 18.4. The highest BCUT2D eigenvalue weighted by atomic mass is 32.1.